The quantitative estimate of drug-likeness (QED) is 0.916. The van der Waals surface area contributed by atoms with E-state index in [9.17, 15) is 4.79 Å². The SMILES string of the molecule is Cc1ccc(Oc2csc(C(=O)O)c2)c(C#N)c1. The summed E-state index contributed by atoms with van der Waals surface area (Å²) in [6.07, 6.45) is 0. The third kappa shape index (κ3) is 2.50. The lowest BCUT2D eigenvalue weighted by atomic mass is 10.1. The monoisotopic (exact) mass is 259 g/mol. The largest absolute Gasteiger partial charge is 0.477 e. The van der Waals surface area contributed by atoms with Crippen LogP contribution in [0.15, 0.2) is 29.6 Å². The van der Waals surface area contributed by atoms with Crippen molar-refractivity contribution >= 4 is 17.3 Å². The molecule has 1 aromatic heterocycles. The van der Waals surface area contributed by atoms with Crippen molar-refractivity contribution in [2.75, 3.05) is 0 Å². The van der Waals surface area contributed by atoms with E-state index in [0.717, 1.165) is 16.9 Å². The molecule has 18 heavy (non-hydrogen) atoms. The number of benzene rings is 1. The smallest absolute Gasteiger partial charge is 0.346 e. The van der Waals surface area contributed by atoms with Crippen LogP contribution in [0.1, 0.15) is 20.8 Å². The van der Waals surface area contributed by atoms with Crippen LogP contribution in [0.5, 0.6) is 11.5 Å². The fraction of sp³-hybridized carbons (Fsp3) is 0.0769. The van der Waals surface area contributed by atoms with Gasteiger partial charge < -0.3 is 9.84 Å². The van der Waals surface area contributed by atoms with Crippen molar-refractivity contribution in [2.24, 2.45) is 0 Å². The Morgan fingerprint density at radius 1 is 1.44 bits per heavy atom. The Morgan fingerprint density at radius 3 is 2.83 bits per heavy atom. The summed E-state index contributed by atoms with van der Waals surface area (Å²) >= 11 is 1.09. The van der Waals surface area contributed by atoms with Crippen LogP contribution in [0.4, 0.5) is 0 Å². The van der Waals surface area contributed by atoms with Crippen molar-refractivity contribution in [3.8, 4) is 17.6 Å². The van der Waals surface area contributed by atoms with Gasteiger partial charge in [-0.1, -0.05) is 6.07 Å². The summed E-state index contributed by atoms with van der Waals surface area (Å²) < 4.78 is 5.51. The number of nitriles is 1. The summed E-state index contributed by atoms with van der Waals surface area (Å²) in [7, 11) is 0. The van der Waals surface area contributed by atoms with E-state index in [1.165, 1.54) is 6.07 Å². The van der Waals surface area contributed by atoms with E-state index in [1.54, 1.807) is 17.5 Å². The zero-order chi connectivity index (χ0) is 13.1. The maximum absolute atomic E-state index is 10.7. The summed E-state index contributed by atoms with van der Waals surface area (Å²) in [4.78, 5) is 10.9. The van der Waals surface area contributed by atoms with Gasteiger partial charge in [-0.05, 0) is 24.6 Å². The number of nitrogens with zero attached hydrogens (tertiary/aromatic N) is 1. The molecular formula is C13H9NO3S. The molecule has 4 nitrogen and oxygen atoms in total. The van der Waals surface area contributed by atoms with Gasteiger partial charge in [0, 0.05) is 11.4 Å². The molecule has 0 spiro atoms. The number of carboxylic acids is 1. The number of hydrogen-bond donors (Lipinski definition) is 1. The van der Waals surface area contributed by atoms with Gasteiger partial charge >= 0.3 is 5.97 Å². The fourth-order valence-electron chi connectivity index (χ4n) is 1.43. The maximum Gasteiger partial charge on any atom is 0.346 e. The summed E-state index contributed by atoms with van der Waals surface area (Å²) in [5.74, 6) is -0.130. The minimum Gasteiger partial charge on any atom is -0.477 e. The molecule has 1 N–H and O–H groups in total. The molecule has 5 heteroatoms. The Bertz CT molecular complexity index is 640. The van der Waals surface area contributed by atoms with Crippen molar-refractivity contribution < 1.29 is 14.6 Å². The molecule has 2 aromatic rings. The molecule has 0 saturated heterocycles. The number of aryl methyl sites for hydroxylation is 1. The van der Waals surface area contributed by atoms with E-state index in [2.05, 4.69) is 0 Å². The molecule has 0 atom stereocenters. The Labute approximate surface area is 108 Å². The topological polar surface area (TPSA) is 70.3 Å². The summed E-state index contributed by atoms with van der Waals surface area (Å²) in [6.45, 7) is 1.89. The minimum atomic E-state index is -0.987. The molecule has 1 heterocycles. The first-order chi connectivity index (χ1) is 8.60. The van der Waals surface area contributed by atoms with Gasteiger partial charge in [-0.3, -0.25) is 0 Å². The van der Waals surface area contributed by atoms with Crippen LogP contribution < -0.4 is 4.74 Å². The number of aromatic carboxylic acids is 1. The van der Waals surface area contributed by atoms with E-state index >= 15 is 0 Å². The van der Waals surface area contributed by atoms with Gasteiger partial charge in [0.2, 0.25) is 0 Å². The zero-order valence-electron chi connectivity index (χ0n) is 9.51. The highest BCUT2D eigenvalue weighted by molar-refractivity contribution is 7.12. The molecule has 90 valence electrons. The zero-order valence-corrected chi connectivity index (χ0v) is 10.3. The standard InChI is InChI=1S/C13H9NO3S/c1-8-2-3-11(9(4-8)6-14)17-10-5-12(13(15)16)18-7-10/h2-5,7H,1H3,(H,15,16). The van der Waals surface area contributed by atoms with Crippen LogP contribution in [-0.2, 0) is 0 Å². The van der Waals surface area contributed by atoms with Crippen LogP contribution in [0.3, 0.4) is 0 Å². The van der Waals surface area contributed by atoms with E-state index in [0.29, 0.717) is 17.1 Å². The molecule has 0 fully saturated rings. The van der Waals surface area contributed by atoms with E-state index in [1.807, 2.05) is 19.1 Å². The molecule has 0 aliphatic carbocycles. The number of hydrogen-bond acceptors (Lipinski definition) is 4. The summed E-state index contributed by atoms with van der Waals surface area (Å²) in [5, 5.41) is 19.4. The first-order valence-corrected chi connectivity index (χ1v) is 5.98. The number of carbonyl (C=O) groups is 1. The lowest BCUT2D eigenvalue weighted by Gasteiger charge is -2.05. The van der Waals surface area contributed by atoms with Crippen LogP contribution in [0.25, 0.3) is 0 Å². The van der Waals surface area contributed by atoms with Gasteiger partial charge in [-0.15, -0.1) is 11.3 Å². The molecule has 0 aliphatic rings. The first kappa shape index (κ1) is 12.1. The number of thiophene rings is 1. The van der Waals surface area contributed by atoms with Crippen molar-refractivity contribution in [1.29, 1.82) is 5.26 Å². The Morgan fingerprint density at radius 2 is 2.22 bits per heavy atom. The average molecular weight is 259 g/mol. The van der Waals surface area contributed by atoms with Crippen LogP contribution in [0.2, 0.25) is 0 Å². The predicted octanol–water partition coefficient (Wildman–Crippen LogP) is 3.42. The maximum atomic E-state index is 10.7. The van der Waals surface area contributed by atoms with Gasteiger partial charge in [0.25, 0.3) is 0 Å². The molecule has 0 unspecified atom stereocenters. The average Bonchev–Trinajstić information content (AvgIpc) is 2.80. The van der Waals surface area contributed by atoms with E-state index in [4.69, 9.17) is 15.1 Å². The van der Waals surface area contributed by atoms with Crippen molar-refractivity contribution in [2.45, 2.75) is 6.92 Å². The van der Waals surface area contributed by atoms with E-state index < -0.39 is 5.97 Å². The Balaban J connectivity index is 2.28. The van der Waals surface area contributed by atoms with Crippen molar-refractivity contribution in [3.05, 3.63) is 45.6 Å². The normalized spacial score (nSPS) is 9.78. The number of ether oxygens (including phenoxy) is 1. The Hall–Kier alpha value is -2.32. The molecular weight excluding hydrogens is 250 g/mol. The van der Waals surface area contributed by atoms with Crippen LogP contribution in [-0.4, -0.2) is 11.1 Å². The second kappa shape index (κ2) is 4.90. The number of carboxylic acid groups (broad SMARTS) is 1. The van der Waals surface area contributed by atoms with Gasteiger partial charge in [0.1, 0.15) is 22.4 Å². The van der Waals surface area contributed by atoms with E-state index in [-0.39, 0.29) is 4.88 Å². The second-order valence-corrected chi connectivity index (χ2v) is 4.58. The highest BCUT2D eigenvalue weighted by Crippen LogP contribution is 2.29. The third-order valence-electron chi connectivity index (χ3n) is 2.27. The van der Waals surface area contributed by atoms with Crippen molar-refractivity contribution in [3.63, 3.8) is 0 Å². The molecule has 0 bridgehead atoms. The third-order valence-corrected chi connectivity index (χ3v) is 3.17. The lowest BCUT2D eigenvalue weighted by Crippen LogP contribution is -1.91. The number of rotatable bonds is 3. The van der Waals surface area contributed by atoms with Gasteiger partial charge in [-0.25, -0.2) is 4.79 Å². The molecule has 2 rings (SSSR count). The molecule has 0 saturated carbocycles. The predicted molar refractivity (Wildman–Crippen MR) is 67.2 cm³/mol. The molecule has 1 aromatic carbocycles. The van der Waals surface area contributed by atoms with Crippen LogP contribution >= 0.6 is 11.3 Å². The van der Waals surface area contributed by atoms with Crippen molar-refractivity contribution in [1.82, 2.24) is 0 Å². The minimum absolute atomic E-state index is 0.204. The first-order valence-electron chi connectivity index (χ1n) is 5.10. The Kier molecular flexibility index (Phi) is 3.31. The second-order valence-electron chi connectivity index (χ2n) is 3.67. The molecule has 0 radical (unpaired) electrons. The van der Waals surface area contributed by atoms with Crippen LogP contribution in [0, 0.1) is 18.3 Å². The summed E-state index contributed by atoms with van der Waals surface area (Å²) in [6, 6.07) is 8.74. The van der Waals surface area contributed by atoms with Gasteiger partial charge in [-0.2, -0.15) is 5.26 Å². The lowest BCUT2D eigenvalue weighted by molar-refractivity contribution is 0.0702. The van der Waals surface area contributed by atoms with Gasteiger partial charge in [0.15, 0.2) is 0 Å². The summed E-state index contributed by atoms with van der Waals surface area (Å²) in [5.41, 5.74) is 1.40. The molecule has 0 amide bonds. The molecule has 0 aliphatic heterocycles. The highest BCUT2D eigenvalue weighted by atomic mass is 32.1. The fourth-order valence-corrected chi connectivity index (χ4v) is 2.08. The van der Waals surface area contributed by atoms with Gasteiger partial charge in [0.05, 0.1) is 5.56 Å². The highest BCUT2D eigenvalue weighted by Gasteiger charge is 2.10.